The number of carbonyl (C=O) groups is 1. The van der Waals surface area contributed by atoms with E-state index in [0.717, 1.165) is 16.7 Å². The number of nitrogens with one attached hydrogen (secondary N) is 1. The fraction of sp³-hybridized carbons (Fsp3) is 0.294. The number of hydrogen-bond acceptors (Lipinski definition) is 5. The van der Waals surface area contributed by atoms with Crippen LogP contribution in [0.1, 0.15) is 30.0 Å². The van der Waals surface area contributed by atoms with Gasteiger partial charge in [0.05, 0.1) is 16.9 Å². The minimum absolute atomic E-state index is 0.0428. The Morgan fingerprint density at radius 2 is 1.93 bits per heavy atom. The van der Waals surface area contributed by atoms with Crippen molar-refractivity contribution in [3.63, 3.8) is 0 Å². The molecule has 7 nitrogen and oxygen atoms in total. The van der Waals surface area contributed by atoms with Gasteiger partial charge in [0.2, 0.25) is 5.91 Å². The summed E-state index contributed by atoms with van der Waals surface area (Å²) in [7, 11) is 0. The fourth-order valence-corrected chi connectivity index (χ4v) is 2.80. The third-order valence-electron chi connectivity index (χ3n) is 4.15. The van der Waals surface area contributed by atoms with Crippen LogP contribution in [0.3, 0.4) is 0 Å². The molecule has 1 amide bonds. The zero-order valence-electron chi connectivity index (χ0n) is 14.6. The maximum atomic E-state index is 13.1. The van der Waals surface area contributed by atoms with Crippen molar-refractivity contribution in [3.05, 3.63) is 51.7 Å². The molecule has 0 saturated heterocycles. The van der Waals surface area contributed by atoms with Gasteiger partial charge in [0.1, 0.15) is 17.3 Å². The monoisotopic (exact) mass is 380 g/mol. The number of halogens is 3. The van der Waals surface area contributed by atoms with Gasteiger partial charge in [-0.2, -0.15) is 18.2 Å². The highest BCUT2D eigenvalue weighted by atomic mass is 19.4. The minimum Gasteiger partial charge on any atom is -0.335 e. The summed E-state index contributed by atoms with van der Waals surface area (Å²) in [6.45, 7) is 4.45. The molecule has 10 heteroatoms. The summed E-state index contributed by atoms with van der Waals surface area (Å²) in [5, 5.41) is 6.03. The van der Waals surface area contributed by atoms with E-state index < -0.39 is 29.2 Å². The molecule has 1 aromatic carbocycles. The number of rotatable bonds is 3. The Morgan fingerprint density at radius 1 is 1.26 bits per heavy atom. The van der Waals surface area contributed by atoms with Crippen LogP contribution in [-0.2, 0) is 11.0 Å². The number of hydrogen-bond donors (Lipinski definition) is 1. The first-order valence-electron chi connectivity index (χ1n) is 7.93. The molecule has 0 saturated carbocycles. The average Bonchev–Trinajstić information content (AvgIpc) is 2.95. The number of anilines is 1. The van der Waals surface area contributed by atoms with Crippen molar-refractivity contribution in [2.45, 2.75) is 33.0 Å². The quantitative estimate of drug-likeness (QED) is 0.754. The normalized spacial score (nSPS) is 13.0. The fourth-order valence-electron chi connectivity index (χ4n) is 2.80. The van der Waals surface area contributed by atoms with Gasteiger partial charge >= 0.3 is 6.18 Å². The Labute approximate surface area is 150 Å². The van der Waals surface area contributed by atoms with Crippen LogP contribution >= 0.6 is 0 Å². The van der Waals surface area contributed by atoms with Crippen molar-refractivity contribution in [2.24, 2.45) is 0 Å². The topological polar surface area (TPSA) is 90.0 Å². The van der Waals surface area contributed by atoms with E-state index in [-0.39, 0.29) is 22.6 Å². The molecule has 0 aliphatic carbocycles. The first kappa shape index (κ1) is 18.6. The SMILES string of the molecule is Cc1noc2nc(C)n([C@H](C)C(=O)Nc3ccccc3C(F)(F)F)c(=O)c12. The lowest BCUT2D eigenvalue weighted by Crippen LogP contribution is -2.34. The largest absolute Gasteiger partial charge is 0.418 e. The third-order valence-corrected chi connectivity index (χ3v) is 4.15. The van der Waals surface area contributed by atoms with Crippen LogP contribution in [0.5, 0.6) is 0 Å². The molecule has 3 aromatic rings. The van der Waals surface area contributed by atoms with Gasteiger partial charge in [0, 0.05) is 0 Å². The number of carbonyl (C=O) groups excluding carboxylic acids is 1. The zero-order valence-corrected chi connectivity index (χ0v) is 14.6. The van der Waals surface area contributed by atoms with Gasteiger partial charge in [-0.05, 0) is 32.9 Å². The summed E-state index contributed by atoms with van der Waals surface area (Å²) in [6.07, 6.45) is -4.63. The lowest BCUT2D eigenvalue weighted by Gasteiger charge is -2.19. The van der Waals surface area contributed by atoms with E-state index in [0.29, 0.717) is 5.69 Å². The van der Waals surface area contributed by atoms with Crippen LogP contribution in [0.4, 0.5) is 18.9 Å². The number of benzene rings is 1. The van der Waals surface area contributed by atoms with Crippen LogP contribution in [0, 0.1) is 13.8 Å². The minimum atomic E-state index is -4.63. The van der Waals surface area contributed by atoms with Crippen LogP contribution in [0.15, 0.2) is 33.6 Å². The first-order chi connectivity index (χ1) is 12.6. The van der Waals surface area contributed by atoms with Crippen LogP contribution in [-0.4, -0.2) is 20.6 Å². The standard InChI is InChI=1S/C17H15F3N4O3/c1-8-13-15(27-23-8)21-10(3)24(16(13)26)9(2)14(25)22-12-7-5-4-6-11(12)17(18,19)20/h4-7,9H,1-3H3,(H,22,25)/t9-/m1/s1. The van der Waals surface area contributed by atoms with E-state index in [9.17, 15) is 22.8 Å². The smallest absolute Gasteiger partial charge is 0.335 e. The molecule has 3 rings (SSSR count). The second kappa shape index (κ2) is 6.53. The highest BCUT2D eigenvalue weighted by molar-refractivity contribution is 5.94. The van der Waals surface area contributed by atoms with Gasteiger partial charge in [-0.1, -0.05) is 17.3 Å². The van der Waals surface area contributed by atoms with Crippen LogP contribution in [0.25, 0.3) is 11.1 Å². The van der Waals surface area contributed by atoms with Crippen LogP contribution in [0.2, 0.25) is 0 Å². The van der Waals surface area contributed by atoms with Gasteiger partial charge in [0.15, 0.2) is 0 Å². The number of nitrogens with zero attached hydrogens (tertiary/aromatic N) is 3. The molecule has 0 aliphatic heterocycles. The Hall–Kier alpha value is -3.17. The van der Waals surface area contributed by atoms with Crippen molar-refractivity contribution in [3.8, 4) is 0 Å². The van der Waals surface area contributed by atoms with Gasteiger partial charge in [0.25, 0.3) is 11.3 Å². The van der Waals surface area contributed by atoms with E-state index in [1.165, 1.54) is 26.0 Å². The molecule has 0 spiro atoms. The summed E-state index contributed by atoms with van der Waals surface area (Å²) in [5.41, 5.74) is -1.56. The Kier molecular flexibility index (Phi) is 4.50. The number of alkyl halides is 3. The molecule has 0 radical (unpaired) electrons. The van der Waals surface area contributed by atoms with Gasteiger partial charge in [-0.15, -0.1) is 0 Å². The van der Waals surface area contributed by atoms with Crippen molar-refractivity contribution in [1.29, 1.82) is 0 Å². The predicted molar refractivity (Wildman–Crippen MR) is 90.3 cm³/mol. The Bertz CT molecular complexity index is 1090. The summed E-state index contributed by atoms with van der Waals surface area (Å²) in [6, 6.07) is 3.51. The molecular weight excluding hydrogens is 365 g/mol. The average molecular weight is 380 g/mol. The maximum Gasteiger partial charge on any atom is 0.418 e. The number of amides is 1. The summed E-state index contributed by atoms with van der Waals surface area (Å²) in [5.74, 6) is -0.609. The molecule has 1 atom stereocenters. The summed E-state index contributed by atoms with van der Waals surface area (Å²) < 4.78 is 45.4. The molecule has 142 valence electrons. The highest BCUT2D eigenvalue weighted by Crippen LogP contribution is 2.34. The Morgan fingerprint density at radius 3 is 2.59 bits per heavy atom. The molecule has 0 bridgehead atoms. The molecule has 0 fully saturated rings. The third kappa shape index (κ3) is 3.29. The Balaban J connectivity index is 2.00. The molecular formula is C17H15F3N4O3. The summed E-state index contributed by atoms with van der Waals surface area (Å²) in [4.78, 5) is 29.4. The van der Waals surface area contributed by atoms with Crippen molar-refractivity contribution in [2.75, 3.05) is 5.32 Å². The van der Waals surface area contributed by atoms with E-state index in [4.69, 9.17) is 4.52 Å². The molecule has 2 heterocycles. The van der Waals surface area contributed by atoms with Gasteiger partial charge in [-0.3, -0.25) is 14.2 Å². The molecule has 0 aliphatic rings. The number of para-hydroxylation sites is 1. The summed E-state index contributed by atoms with van der Waals surface area (Å²) >= 11 is 0. The van der Waals surface area contributed by atoms with E-state index in [2.05, 4.69) is 15.5 Å². The number of aryl methyl sites for hydroxylation is 2. The van der Waals surface area contributed by atoms with E-state index in [1.54, 1.807) is 6.92 Å². The van der Waals surface area contributed by atoms with Gasteiger partial charge < -0.3 is 9.84 Å². The lowest BCUT2D eigenvalue weighted by molar-refractivity contribution is -0.137. The number of aromatic nitrogens is 3. The van der Waals surface area contributed by atoms with Crippen molar-refractivity contribution in [1.82, 2.24) is 14.7 Å². The second-order valence-corrected chi connectivity index (χ2v) is 5.99. The maximum absolute atomic E-state index is 13.1. The van der Waals surface area contributed by atoms with Crippen molar-refractivity contribution < 1.29 is 22.5 Å². The number of fused-ring (bicyclic) bond motifs is 1. The predicted octanol–water partition coefficient (Wildman–Crippen LogP) is 3.22. The molecule has 0 unspecified atom stereocenters. The molecule has 1 N–H and O–H groups in total. The second-order valence-electron chi connectivity index (χ2n) is 5.99. The molecule has 2 aromatic heterocycles. The first-order valence-corrected chi connectivity index (χ1v) is 7.93. The van der Waals surface area contributed by atoms with Gasteiger partial charge in [-0.25, -0.2) is 0 Å². The van der Waals surface area contributed by atoms with E-state index >= 15 is 0 Å². The highest BCUT2D eigenvalue weighted by Gasteiger charge is 2.34. The molecule has 27 heavy (non-hydrogen) atoms. The lowest BCUT2D eigenvalue weighted by atomic mass is 10.1. The van der Waals surface area contributed by atoms with Crippen molar-refractivity contribution >= 4 is 22.7 Å². The van der Waals surface area contributed by atoms with Crippen LogP contribution < -0.4 is 10.9 Å². The zero-order chi connectivity index (χ0) is 19.9. The van der Waals surface area contributed by atoms with E-state index in [1.807, 2.05) is 0 Å².